The van der Waals surface area contributed by atoms with Crippen LogP contribution in [0.2, 0.25) is 0 Å². The monoisotopic (exact) mass is 243 g/mol. The Morgan fingerprint density at radius 3 is 2.47 bits per heavy atom. The zero-order chi connectivity index (χ0) is 13.2. The van der Waals surface area contributed by atoms with Crippen molar-refractivity contribution in [3.05, 3.63) is 0 Å². The van der Waals surface area contributed by atoms with Crippen LogP contribution in [0.15, 0.2) is 0 Å². The van der Waals surface area contributed by atoms with Gasteiger partial charge in [0.05, 0.1) is 0 Å². The Hall–Kier alpha value is -1.30. The molecule has 0 aromatic heterocycles. The SMILES string of the molecule is CC(C(=O)O)N(C)C(=O)N1CCN(C)CC1C. The number of hydrogen-bond donors (Lipinski definition) is 1. The maximum atomic E-state index is 12.1. The molecule has 0 aromatic carbocycles. The van der Waals surface area contributed by atoms with E-state index in [0.717, 1.165) is 13.1 Å². The number of aliphatic carboxylic acids is 1. The Morgan fingerprint density at radius 1 is 1.41 bits per heavy atom. The molecule has 0 saturated carbocycles. The van der Waals surface area contributed by atoms with Gasteiger partial charge in [0.2, 0.25) is 0 Å². The van der Waals surface area contributed by atoms with E-state index >= 15 is 0 Å². The highest BCUT2D eigenvalue weighted by molar-refractivity contribution is 5.82. The highest BCUT2D eigenvalue weighted by Gasteiger charge is 2.31. The van der Waals surface area contributed by atoms with Gasteiger partial charge < -0.3 is 19.8 Å². The lowest BCUT2D eigenvalue weighted by Crippen LogP contribution is -2.57. The number of carbonyl (C=O) groups is 2. The summed E-state index contributed by atoms with van der Waals surface area (Å²) < 4.78 is 0. The maximum absolute atomic E-state index is 12.1. The van der Waals surface area contributed by atoms with Gasteiger partial charge >= 0.3 is 12.0 Å². The van der Waals surface area contributed by atoms with E-state index in [2.05, 4.69) is 4.90 Å². The minimum absolute atomic E-state index is 0.115. The van der Waals surface area contributed by atoms with Gasteiger partial charge in [-0.15, -0.1) is 0 Å². The predicted octanol–water partition coefficient (Wildman–Crippen LogP) is 0.147. The third-order valence-corrected chi connectivity index (χ3v) is 3.32. The molecule has 0 aromatic rings. The molecule has 0 aliphatic carbocycles. The fourth-order valence-electron chi connectivity index (χ4n) is 1.96. The number of rotatable bonds is 2. The van der Waals surface area contributed by atoms with E-state index in [4.69, 9.17) is 5.11 Å². The first-order valence-corrected chi connectivity index (χ1v) is 5.79. The second-order valence-corrected chi connectivity index (χ2v) is 4.71. The average Bonchev–Trinajstić information content (AvgIpc) is 2.26. The minimum atomic E-state index is -0.984. The summed E-state index contributed by atoms with van der Waals surface area (Å²) in [5.74, 6) is -0.984. The van der Waals surface area contributed by atoms with E-state index in [0.29, 0.717) is 6.54 Å². The zero-order valence-electron chi connectivity index (χ0n) is 10.9. The number of likely N-dealkylation sites (N-methyl/N-ethyl adjacent to an activating group) is 2. The van der Waals surface area contributed by atoms with Gasteiger partial charge in [-0.3, -0.25) is 0 Å². The van der Waals surface area contributed by atoms with Crippen LogP contribution in [0.1, 0.15) is 13.8 Å². The molecule has 17 heavy (non-hydrogen) atoms. The molecule has 1 N–H and O–H groups in total. The molecular formula is C11H21N3O3. The summed E-state index contributed by atoms with van der Waals surface area (Å²) in [5.41, 5.74) is 0. The van der Waals surface area contributed by atoms with Crippen molar-refractivity contribution in [1.82, 2.24) is 14.7 Å². The Morgan fingerprint density at radius 2 is 2.00 bits per heavy atom. The topological polar surface area (TPSA) is 64.1 Å². The van der Waals surface area contributed by atoms with Gasteiger partial charge in [0.1, 0.15) is 6.04 Å². The normalized spacial score (nSPS) is 23.3. The fourth-order valence-corrected chi connectivity index (χ4v) is 1.96. The summed E-state index contributed by atoms with van der Waals surface area (Å²) >= 11 is 0. The molecule has 1 fully saturated rings. The van der Waals surface area contributed by atoms with Crippen LogP contribution in [-0.4, -0.2) is 77.6 Å². The number of hydrogen-bond acceptors (Lipinski definition) is 3. The van der Waals surface area contributed by atoms with E-state index in [1.807, 2.05) is 14.0 Å². The molecule has 98 valence electrons. The largest absolute Gasteiger partial charge is 0.480 e. The molecule has 2 unspecified atom stereocenters. The summed E-state index contributed by atoms with van der Waals surface area (Å²) in [4.78, 5) is 28.2. The van der Waals surface area contributed by atoms with Crippen LogP contribution in [-0.2, 0) is 4.79 Å². The van der Waals surface area contributed by atoms with Gasteiger partial charge in [-0.25, -0.2) is 9.59 Å². The molecule has 6 nitrogen and oxygen atoms in total. The third kappa shape index (κ3) is 3.09. The van der Waals surface area contributed by atoms with Crippen molar-refractivity contribution in [2.75, 3.05) is 33.7 Å². The fraction of sp³-hybridized carbons (Fsp3) is 0.818. The number of amides is 2. The molecule has 1 saturated heterocycles. The van der Waals surface area contributed by atoms with Crippen LogP contribution in [0.4, 0.5) is 4.79 Å². The molecule has 0 spiro atoms. The van der Waals surface area contributed by atoms with Gasteiger partial charge in [-0.05, 0) is 20.9 Å². The number of carbonyl (C=O) groups excluding carboxylic acids is 1. The first-order chi connectivity index (χ1) is 7.84. The molecular weight excluding hydrogens is 222 g/mol. The number of carboxylic acid groups (broad SMARTS) is 1. The van der Waals surface area contributed by atoms with Gasteiger partial charge in [0.15, 0.2) is 0 Å². The number of nitrogens with zero attached hydrogens (tertiary/aromatic N) is 3. The number of piperazine rings is 1. The molecule has 6 heteroatoms. The molecule has 1 heterocycles. The van der Waals surface area contributed by atoms with E-state index in [-0.39, 0.29) is 12.1 Å². The van der Waals surface area contributed by atoms with Crippen molar-refractivity contribution >= 4 is 12.0 Å². The summed E-state index contributed by atoms with van der Waals surface area (Å²) in [7, 11) is 3.55. The average molecular weight is 243 g/mol. The van der Waals surface area contributed by atoms with Crippen molar-refractivity contribution in [2.45, 2.75) is 25.9 Å². The van der Waals surface area contributed by atoms with Gasteiger partial charge in [-0.1, -0.05) is 0 Å². The van der Waals surface area contributed by atoms with Crippen molar-refractivity contribution in [3.8, 4) is 0 Å². The third-order valence-electron chi connectivity index (χ3n) is 3.32. The molecule has 1 aliphatic heterocycles. The van der Waals surface area contributed by atoms with Crippen molar-refractivity contribution in [2.24, 2.45) is 0 Å². The predicted molar refractivity (Wildman–Crippen MR) is 63.9 cm³/mol. The first-order valence-electron chi connectivity index (χ1n) is 5.79. The highest BCUT2D eigenvalue weighted by atomic mass is 16.4. The van der Waals surface area contributed by atoms with Crippen LogP contribution in [0.3, 0.4) is 0 Å². The lowest BCUT2D eigenvalue weighted by atomic mass is 10.2. The molecule has 0 radical (unpaired) electrons. The van der Waals surface area contributed by atoms with E-state index in [1.165, 1.54) is 18.9 Å². The molecule has 2 amide bonds. The quantitative estimate of drug-likeness (QED) is 0.749. The van der Waals surface area contributed by atoms with Crippen LogP contribution >= 0.6 is 0 Å². The van der Waals surface area contributed by atoms with Crippen molar-refractivity contribution < 1.29 is 14.7 Å². The summed E-state index contributed by atoms with van der Waals surface area (Å²) in [6, 6.07) is -0.889. The molecule has 2 atom stereocenters. The Balaban J connectivity index is 2.66. The van der Waals surface area contributed by atoms with E-state index in [9.17, 15) is 9.59 Å². The van der Waals surface area contributed by atoms with Gasteiger partial charge in [0.25, 0.3) is 0 Å². The van der Waals surface area contributed by atoms with Crippen molar-refractivity contribution in [3.63, 3.8) is 0 Å². The lowest BCUT2D eigenvalue weighted by Gasteiger charge is -2.40. The molecule has 0 bridgehead atoms. The van der Waals surface area contributed by atoms with Crippen molar-refractivity contribution in [1.29, 1.82) is 0 Å². The Kier molecular flexibility index (Phi) is 4.34. The second kappa shape index (κ2) is 5.35. The molecule has 1 aliphatic rings. The Bertz CT molecular complexity index is 308. The van der Waals surface area contributed by atoms with E-state index in [1.54, 1.807) is 4.90 Å². The second-order valence-electron chi connectivity index (χ2n) is 4.71. The van der Waals surface area contributed by atoms with Gasteiger partial charge in [-0.2, -0.15) is 0 Å². The van der Waals surface area contributed by atoms with Crippen LogP contribution < -0.4 is 0 Å². The van der Waals surface area contributed by atoms with E-state index < -0.39 is 12.0 Å². The maximum Gasteiger partial charge on any atom is 0.326 e. The number of carboxylic acids is 1. The van der Waals surface area contributed by atoms with Gasteiger partial charge in [0, 0.05) is 32.7 Å². The molecule has 1 rings (SSSR count). The standard InChI is InChI=1S/C11H21N3O3/c1-8-7-12(3)5-6-14(8)11(17)13(4)9(2)10(15)16/h8-9H,5-7H2,1-4H3,(H,15,16). The smallest absolute Gasteiger partial charge is 0.326 e. The van der Waals surface area contributed by atoms with Crippen LogP contribution in [0.5, 0.6) is 0 Å². The summed E-state index contributed by atoms with van der Waals surface area (Å²) in [5, 5.41) is 8.89. The summed E-state index contributed by atoms with van der Waals surface area (Å²) in [6.45, 7) is 5.79. The summed E-state index contributed by atoms with van der Waals surface area (Å²) in [6.07, 6.45) is 0. The zero-order valence-corrected chi connectivity index (χ0v) is 10.9. The number of urea groups is 1. The van der Waals surface area contributed by atoms with Crippen LogP contribution in [0.25, 0.3) is 0 Å². The minimum Gasteiger partial charge on any atom is -0.480 e. The highest BCUT2D eigenvalue weighted by Crippen LogP contribution is 2.11. The lowest BCUT2D eigenvalue weighted by molar-refractivity contribution is -0.141. The van der Waals surface area contributed by atoms with Crippen LogP contribution in [0, 0.1) is 0 Å². The Labute approximate surface area is 102 Å². The first kappa shape index (κ1) is 13.8.